The van der Waals surface area contributed by atoms with Crippen molar-refractivity contribution in [3.05, 3.63) is 46.3 Å². The van der Waals surface area contributed by atoms with Gasteiger partial charge in [0.2, 0.25) is 0 Å². The van der Waals surface area contributed by atoms with Crippen LogP contribution in [0.15, 0.2) is 35.3 Å². The summed E-state index contributed by atoms with van der Waals surface area (Å²) in [6.45, 7) is 2.87. The molecule has 0 saturated heterocycles. The van der Waals surface area contributed by atoms with Crippen LogP contribution in [0.3, 0.4) is 0 Å². The number of amidine groups is 1. The molecule has 106 valence electrons. The number of aliphatic imine (C=N–C) groups is 1. The Kier molecular flexibility index (Phi) is 2.93. The molecule has 0 atom stereocenters. The number of Topliss-reactive ketones (excluding diaryl/α,β-unsaturated/α-hetero) is 1. The van der Waals surface area contributed by atoms with Crippen molar-refractivity contribution in [3.63, 3.8) is 0 Å². The number of anilines is 1. The van der Waals surface area contributed by atoms with Gasteiger partial charge in [-0.15, -0.1) is 11.3 Å². The lowest BCUT2D eigenvalue weighted by Gasteiger charge is -2.28. The fourth-order valence-electron chi connectivity index (χ4n) is 3.13. The third kappa shape index (κ3) is 2.02. The van der Waals surface area contributed by atoms with Crippen LogP contribution in [0.25, 0.3) is 0 Å². The van der Waals surface area contributed by atoms with Crippen molar-refractivity contribution in [2.45, 2.75) is 32.7 Å². The number of carbonyl (C=O) groups excluding carboxylic acids is 1. The number of hydrogen-bond donors (Lipinski definition) is 0. The minimum atomic E-state index is 0.301. The van der Waals surface area contributed by atoms with E-state index in [9.17, 15) is 4.79 Å². The molecule has 4 heteroatoms. The van der Waals surface area contributed by atoms with E-state index in [1.807, 2.05) is 25.1 Å². The highest BCUT2D eigenvalue weighted by Gasteiger charge is 2.29. The molecule has 0 saturated carbocycles. The molecular weight excluding hydrogens is 280 g/mol. The second kappa shape index (κ2) is 4.81. The number of carbonyl (C=O) groups is 1. The fraction of sp³-hybridized carbons (Fsp3) is 0.294. The molecule has 1 aliphatic carbocycles. The van der Waals surface area contributed by atoms with E-state index in [1.165, 1.54) is 11.1 Å². The number of rotatable bonds is 1. The van der Waals surface area contributed by atoms with Gasteiger partial charge in [0.05, 0.1) is 11.4 Å². The monoisotopic (exact) mass is 296 g/mol. The van der Waals surface area contributed by atoms with E-state index in [4.69, 9.17) is 4.99 Å². The molecule has 0 spiro atoms. The summed E-state index contributed by atoms with van der Waals surface area (Å²) in [5.41, 5.74) is 3.67. The summed E-state index contributed by atoms with van der Waals surface area (Å²) < 4.78 is 0. The van der Waals surface area contributed by atoms with Gasteiger partial charge in [-0.05, 0) is 37.5 Å². The molecule has 1 aromatic carbocycles. The van der Waals surface area contributed by atoms with Crippen LogP contribution < -0.4 is 4.90 Å². The predicted octanol–water partition coefficient (Wildman–Crippen LogP) is 4.34. The third-order valence-electron chi connectivity index (χ3n) is 4.22. The Morgan fingerprint density at radius 1 is 1.14 bits per heavy atom. The van der Waals surface area contributed by atoms with Crippen molar-refractivity contribution in [2.75, 3.05) is 4.90 Å². The van der Waals surface area contributed by atoms with Gasteiger partial charge in [-0.25, -0.2) is 4.99 Å². The molecule has 0 amide bonds. The normalized spacial score (nSPS) is 17.3. The van der Waals surface area contributed by atoms with Gasteiger partial charge in [-0.3, -0.25) is 4.79 Å². The molecule has 0 unspecified atom stereocenters. The summed E-state index contributed by atoms with van der Waals surface area (Å²) >= 11 is 1.58. The van der Waals surface area contributed by atoms with Crippen LogP contribution in [0.2, 0.25) is 0 Å². The van der Waals surface area contributed by atoms with Gasteiger partial charge in [-0.2, -0.15) is 0 Å². The van der Waals surface area contributed by atoms with Gasteiger partial charge in [-0.1, -0.05) is 18.2 Å². The average molecular weight is 296 g/mol. The van der Waals surface area contributed by atoms with Crippen molar-refractivity contribution >= 4 is 33.6 Å². The quantitative estimate of drug-likeness (QED) is 0.784. The number of nitrogens with zero attached hydrogens (tertiary/aromatic N) is 2. The Bertz CT molecular complexity index is 746. The predicted molar refractivity (Wildman–Crippen MR) is 87.0 cm³/mol. The molecule has 0 radical (unpaired) electrons. The maximum absolute atomic E-state index is 12.1. The minimum Gasteiger partial charge on any atom is -0.325 e. The Labute approximate surface area is 127 Å². The topological polar surface area (TPSA) is 32.7 Å². The van der Waals surface area contributed by atoms with E-state index in [1.54, 1.807) is 11.3 Å². The molecular formula is C17H16N2OS. The smallest absolute Gasteiger partial charge is 0.173 e. The molecule has 0 N–H and O–H groups in total. The molecule has 1 aromatic heterocycles. The van der Waals surface area contributed by atoms with Crippen molar-refractivity contribution in [3.8, 4) is 0 Å². The van der Waals surface area contributed by atoms with E-state index < -0.39 is 0 Å². The molecule has 2 heterocycles. The second-order valence-corrected chi connectivity index (χ2v) is 6.55. The average Bonchev–Trinajstić information content (AvgIpc) is 2.86. The molecule has 0 bridgehead atoms. The highest BCUT2D eigenvalue weighted by molar-refractivity contribution is 7.18. The first-order valence-electron chi connectivity index (χ1n) is 7.29. The number of thiophene rings is 1. The molecule has 4 rings (SSSR count). The van der Waals surface area contributed by atoms with Gasteiger partial charge in [0.25, 0.3) is 0 Å². The van der Waals surface area contributed by atoms with Crippen LogP contribution >= 0.6 is 11.3 Å². The van der Waals surface area contributed by atoms with E-state index in [0.29, 0.717) is 12.2 Å². The summed E-state index contributed by atoms with van der Waals surface area (Å²) in [4.78, 5) is 20.0. The zero-order chi connectivity index (χ0) is 14.4. The standard InChI is InChI=1S/C17H16N2OS/c1-11-18-17-14(10-19(11)12-6-3-2-4-7-12)13-8-5-9-15(20)16(13)21-17/h2-4,6-7H,5,8-10H2,1H3. The van der Waals surface area contributed by atoms with Crippen molar-refractivity contribution in [1.29, 1.82) is 0 Å². The lowest BCUT2D eigenvalue weighted by molar-refractivity contribution is 0.0977. The number of para-hydroxylation sites is 1. The van der Waals surface area contributed by atoms with Gasteiger partial charge >= 0.3 is 0 Å². The van der Waals surface area contributed by atoms with E-state index in [-0.39, 0.29) is 0 Å². The Morgan fingerprint density at radius 3 is 2.76 bits per heavy atom. The summed E-state index contributed by atoms with van der Waals surface area (Å²) in [6.07, 6.45) is 2.69. The first-order chi connectivity index (χ1) is 10.2. The molecule has 3 nitrogen and oxygen atoms in total. The highest BCUT2D eigenvalue weighted by atomic mass is 32.1. The van der Waals surface area contributed by atoms with Crippen molar-refractivity contribution in [2.24, 2.45) is 4.99 Å². The van der Waals surface area contributed by atoms with Crippen LogP contribution in [0, 0.1) is 0 Å². The molecule has 1 aliphatic heterocycles. The van der Waals surface area contributed by atoms with Crippen LogP contribution in [0.4, 0.5) is 10.7 Å². The zero-order valence-corrected chi connectivity index (χ0v) is 12.7. The third-order valence-corrected chi connectivity index (χ3v) is 5.43. The molecule has 21 heavy (non-hydrogen) atoms. The Morgan fingerprint density at radius 2 is 1.95 bits per heavy atom. The first kappa shape index (κ1) is 12.8. The number of fused-ring (bicyclic) bond motifs is 3. The SMILES string of the molecule is CC1=Nc2sc3c(c2CN1c1ccccc1)CCCC3=O. The second-order valence-electron chi connectivity index (χ2n) is 5.55. The highest BCUT2D eigenvalue weighted by Crippen LogP contribution is 2.43. The summed E-state index contributed by atoms with van der Waals surface area (Å²) in [6, 6.07) is 10.3. The number of hydrogen-bond acceptors (Lipinski definition) is 4. The fourth-order valence-corrected chi connectivity index (χ4v) is 4.38. The zero-order valence-electron chi connectivity index (χ0n) is 11.9. The molecule has 2 aliphatic rings. The lowest BCUT2D eigenvalue weighted by Crippen LogP contribution is -2.30. The van der Waals surface area contributed by atoms with Crippen LogP contribution in [0.1, 0.15) is 40.6 Å². The Hall–Kier alpha value is -1.94. The van der Waals surface area contributed by atoms with E-state index in [2.05, 4.69) is 17.0 Å². The summed E-state index contributed by atoms with van der Waals surface area (Å²) in [5.74, 6) is 1.30. The summed E-state index contributed by atoms with van der Waals surface area (Å²) in [5, 5.41) is 1.04. The van der Waals surface area contributed by atoms with Gasteiger partial charge in [0.1, 0.15) is 10.8 Å². The molecule has 2 aromatic rings. The van der Waals surface area contributed by atoms with E-state index >= 15 is 0 Å². The Balaban J connectivity index is 1.80. The van der Waals surface area contributed by atoms with Crippen LogP contribution in [-0.2, 0) is 13.0 Å². The molecule has 0 fully saturated rings. The number of benzene rings is 1. The first-order valence-corrected chi connectivity index (χ1v) is 8.11. The number of ketones is 1. The van der Waals surface area contributed by atoms with Crippen molar-refractivity contribution < 1.29 is 4.79 Å². The maximum Gasteiger partial charge on any atom is 0.173 e. The van der Waals surface area contributed by atoms with Gasteiger partial charge in [0, 0.05) is 17.7 Å². The maximum atomic E-state index is 12.1. The lowest BCUT2D eigenvalue weighted by atomic mass is 9.94. The van der Waals surface area contributed by atoms with Crippen LogP contribution in [0.5, 0.6) is 0 Å². The van der Waals surface area contributed by atoms with Gasteiger partial charge < -0.3 is 4.90 Å². The summed E-state index contributed by atoms with van der Waals surface area (Å²) in [7, 11) is 0. The van der Waals surface area contributed by atoms with Crippen molar-refractivity contribution in [1.82, 2.24) is 0 Å². The largest absolute Gasteiger partial charge is 0.325 e. The van der Waals surface area contributed by atoms with Crippen LogP contribution in [-0.4, -0.2) is 11.6 Å². The van der Waals surface area contributed by atoms with Gasteiger partial charge in [0.15, 0.2) is 5.78 Å². The van der Waals surface area contributed by atoms with E-state index in [0.717, 1.165) is 40.8 Å². The minimum absolute atomic E-state index is 0.301.